The summed E-state index contributed by atoms with van der Waals surface area (Å²) in [5.41, 5.74) is 0.606. The molecule has 1 aliphatic rings. The summed E-state index contributed by atoms with van der Waals surface area (Å²) in [5.74, 6) is -6.60. The van der Waals surface area contributed by atoms with Crippen LogP contribution in [-0.2, 0) is 9.59 Å². The number of hydrogen-bond acceptors (Lipinski definition) is 2. The third-order valence-electron chi connectivity index (χ3n) is 4.51. The van der Waals surface area contributed by atoms with Gasteiger partial charge in [0.2, 0.25) is 5.91 Å². The predicted octanol–water partition coefficient (Wildman–Crippen LogP) is 3.80. The van der Waals surface area contributed by atoms with E-state index in [0.717, 1.165) is 4.90 Å². The number of carbonyl (C=O) groups excluding carboxylic acids is 1. The Labute approximate surface area is 148 Å². The average molecular weight is 378 g/mol. The summed E-state index contributed by atoms with van der Waals surface area (Å²) in [5, 5.41) is 9.52. The Morgan fingerprint density at radius 3 is 2.36 bits per heavy atom. The Morgan fingerprint density at radius 2 is 1.92 bits per heavy atom. The Morgan fingerprint density at radius 1 is 1.28 bits per heavy atom. The van der Waals surface area contributed by atoms with Crippen molar-refractivity contribution >= 4 is 23.5 Å². The molecule has 4 nitrogen and oxygen atoms in total. The van der Waals surface area contributed by atoms with Gasteiger partial charge in [0.25, 0.3) is 0 Å². The minimum Gasteiger partial charge on any atom is -0.481 e. The normalized spacial score (nSPS) is 22.3. The maximum Gasteiger partial charge on any atom is 0.394 e. The number of amides is 1. The lowest BCUT2D eigenvalue weighted by molar-refractivity contribution is -0.188. The maximum absolute atomic E-state index is 13.1. The van der Waals surface area contributed by atoms with Crippen LogP contribution in [0.3, 0.4) is 0 Å². The average Bonchev–Trinajstić information content (AvgIpc) is 2.92. The van der Waals surface area contributed by atoms with Crippen molar-refractivity contribution in [2.45, 2.75) is 25.9 Å². The summed E-state index contributed by atoms with van der Waals surface area (Å²) < 4.78 is 39.4. The van der Waals surface area contributed by atoms with Gasteiger partial charge in [0.05, 0.1) is 17.8 Å². The van der Waals surface area contributed by atoms with Crippen molar-refractivity contribution < 1.29 is 27.9 Å². The van der Waals surface area contributed by atoms with E-state index in [1.807, 2.05) is 0 Å². The van der Waals surface area contributed by atoms with Crippen molar-refractivity contribution in [3.63, 3.8) is 0 Å². The van der Waals surface area contributed by atoms with Crippen LogP contribution < -0.4 is 0 Å². The molecular weight excluding hydrogens is 359 g/mol. The van der Waals surface area contributed by atoms with Crippen LogP contribution in [0, 0.1) is 17.8 Å². The highest BCUT2D eigenvalue weighted by molar-refractivity contribution is 6.30. The zero-order valence-corrected chi connectivity index (χ0v) is 14.5. The number of rotatable bonds is 4. The topological polar surface area (TPSA) is 57.6 Å². The van der Waals surface area contributed by atoms with Gasteiger partial charge in [-0.25, -0.2) is 0 Å². The molecular formula is C17H19ClF3NO3. The molecule has 0 spiro atoms. The Kier molecular flexibility index (Phi) is 5.66. The van der Waals surface area contributed by atoms with E-state index in [2.05, 4.69) is 0 Å². The van der Waals surface area contributed by atoms with Crippen LogP contribution in [0.25, 0.3) is 0 Å². The highest BCUT2D eigenvalue weighted by Crippen LogP contribution is 2.39. The summed E-state index contributed by atoms with van der Waals surface area (Å²) in [6, 6.07) is 6.61. The molecule has 1 unspecified atom stereocenters. The Bertz CT molecular complexity index is 663. The molecule has 138 valence electrons. The second-order valence-electron chi connectivity index (χ2n) is 6.61. The fraction of sp³-hybridized carbons (Fsp3) is 0.529. The van der Waals surface area contributed by atoms with Crippen molar-refractivity contribution in [1.29, 1.82) is 0 Å². The standard InChI is InChI=1S/C17H19ClF3NO3/c1-9(2)14(10-4-3-5-11(18)6-10)15(23)22-7-12(16(24)25)13(8-22)17(19,20)21/h3-6,9,12-14H,7-8H2,1-2H3,(H,24,25)/t12-,13-,14?/m1/s1. The van der Waals surface area contributed by atoms with Gasteiger partial charge in [-0.2, -0.15) is 13.2 Å². The minimum atomic E-state index is -4.67. The molecule has 1 N–H and O–H groups in total. The number of nitrogens with zero attached hydrogens (tertiary/aromatic N) is 1. The smallest absolute Gasteiger partial charge is 0.394 e. The molecule has 8 heteroatoms. The molecule has 0 saturated carbocycles. The van der Waals surface area contributed by atoms with E-state index < -0.39 is 48.9 Å². The molecule has 0 aliphatic carbocycles. The van der Waals surface area contributed by atoms with Gasteiger partial charge in [-0.05, 0) is 23.6 Å². The third-order valence-corrected chi connectivity index (χ3v) is 4.74. The molecule has 3 atom stereocenters. The van der Waals surface area contributed by atoms with Gasteiger partial charge in [0.1, 0.15) is 0 Å². The number of carbonyl (C=O) groups is 2. The number of carboxylic acid groups (broad SMARTS) is 1. The summed E-state index contributed by atoms with van der Waals surface area (Å²) >= 11 is 5.95. The molecule has 1 amide bonds. The van der Waals surface area contributed by atoms with E-state index in [9.17, 15) is 22.8 Å². The highest BCUT2D eigenvalue weighted by atomic mass is 35.5. The summed E-state index contributed by atoms with van der Waals surface area (Å²) in [7, 11) is 0. The lowest BCUT2D eigenvalue weighted by Crippen LogP contribution is -2.37. The lowest BCUT2D eigenvalue weighted by Gasteiger charge is -2.27. The van der Waals surface area contributed by atoms with Crippen molar-refractivity contribution in [2.75, 3.05) is 13.1 Å². The summed E-state index contributed by atoms with van der Waals surface area (Å²) in [6.07, 6.45) is -4.67. The molecule has 0 radical (unpaired) electrons. The zero-order valence-electron chi connectivity index (χ0n) is 13.8. The van der Waals surface area contributed by atoms with E-state index in [-0.39, 0.29) is 5.92 Å². The maximum atomic E-state index is 13.1. The molecule has 1 aromatic rings. The number of alkyl halides is 3. The summed E-state index contributed by atoms with van der Waals surface area (Å²) in [4.78, 5) is 25.1. The molecule has 2 rings (SSSR count). The van der Waals surface area contributed by atoms with Gasteiger partial charge < -0.3 is 10.0 Å². The molecule has 0 aromatic heterocycles. The van der Waals surface area contributed by atoms with Crippen LogP contribution in [0.2, 0.25) is 5.02 Å². The van der Waals surface area contributed by atoms with Crippen LogP contribution in [-0.4, -0.2) is 41.1 Å². The van der Waals surface area contributed by atoms with Crippen LogP contribution >= 0.6 is 11.6 Å². The number of aliphatic carboxylic acids is 1. The first-order valence-corrected chi connectivity index (χ1v) is 8.24. The number of halogens is 4. The highest BCUT2D eigenvalue weighted by Gasteiger charge is 2.54. The monoisotopic (exact) mass is 377 g/mol. The fourth-order valence-corrected chi connectivity index (χ4v) is 3.47. The summed E-state index contributed by atoms with van der Waals surface area (Å²) in [6.45, 7) is 2.50. The van der Waals surface area contributed by atoms with E-state index in [0.29, 0.717) is 10.6 Å². The number of carboxylic acids is 1. The van der Waals surface area contributed by atoms with Crippen LogP contribution in [0.15, 0.2) is 24.3 Å². The van der Waals surface area contributed by atoms with Crippen molar-refractivity contribution in [3.05, 3.63) is 34.9 Å². The largest absolute Gasteiger partial charge is 0.481 e. The second kappa shape index (κ2) is 7.23. The first-order chi connectivity index (χ1) is 11.5. The molecule has 1 aromatic carbocycles. The minimum absolute atomic E-state index is 0.181. The molecule has 1 saturated heterocycles. The van der Waals surface area contributed by atoms with Gasteiger partial charge >= 0.3 is 12.1 Å². The first-order valence-electron chi connectivity index (χ1n) is 7.86. The second-order valence-corrected chi connectivity index (χ2v) is 7.05. The SMILES string of the molecule is CC(C)C(C(=O)N1C[C@@H](C(F)(F)F)[C@H](C(=O)O)C1)c1cccc(Cl)c1. The number of likely N-dealkylation sites (tertiary alicyclic amines) is 1. The fourth-order valence-electron chi connectivity index (χ4n) is 3.28. The van der Waals surface area contributed by atoms with Crippen molar-refractivity contribution in [2.24, 2.45) is 17.8 Å². The number of hydrogen-bond donors (Lipinski definition) is 1. The molecule has 25 heavy (non-hydrogen) atoms. The van der Waals surface area contributed by atoms with Gasteiger partial charge in [-0.1, -0.05) is 37.6 Å². The van der Waals surface area contributed by atoms with Crippen LogP contribution in [0.5, 0.6) is 0 Å². The van der Waals surface area contributed by atoms with Crippen molar-refractivity contribution in [3.8, 4) is 0 Å². The van der Waals surface area contributed by atoms with Gasteiger partial charge in [-0.15, -0.1) is 0 Å². The zero-order chi connectivity index (χ0) is 18.9. The van der Waals surface area contributed by atoms with Crippen molar-refractivity contribution in [1.82, 2.24) is 4.90 Å². The first kappa shape index (κ1) is 19.6. The van der Waals surface area contributed by atoms with Crippen LogP contribution in [0.1, 0.15) is 25.3 Å². The third kappa shape index (κ3) is 4.26. The van der Waals surface area contributed by atoms with Crippen LogP contribution in [0.4, 0.5) is 13.2 Å². The number of benzene rings is 1. The van der Waals surface area contributed by atoms with E-state index in [1.165, 1.54) is 0 Å². The predicted molar refractivity (Wildman–Crippen MR) is 86.3 cm³/mol. The lowest BCUT2D eigenvalue weighted by atomic mass is 9.87. The van der Waals surface area contributed by atoms with E-state index >= 15 is 0 Å². The van der Waals surface area contributed by atoms with E-state index in [1.54, 1.807) is 38.1 Å². The Hall–Kier alpha value is -1.76. The van der Waals surface area contributed by atoms with Gasteiger partial charge in [0.15, 0.2) is 0 Å². The van der Waals surface area contributed by atoms with Gasteiger partial charge in [0, 0.05) is 18.1 Å². The molecule has 0 bridgehead atoms. The molecule has 1 heterocycles. The molecule has 1 aliphatic heterocycles. The Balaban J connectivity index is 2.30. The quantitative estimate of drug-likeness (QED) is 0.868. The molecule has 1 fully saturated rings. The van der Waals surface area contributed by atoms with Gasteiger partial charge in [-0.3, -0.25) is 9.59 Å². The van der Waals surface area contributed by atoms with E-state index in [4.69, 9.17) is 16.7 Å².